The van der Waals surface area contributed by atoms with E-state index in [2.05, 4.69) is 30.9 Å². The van der Waals surface area contributed by atoms with Crippen molar-refractivity contribution < 1.29 is 0 Å². The summed E-state index contributed by atoms with van der Waals surface area (Å²) < 4.78 is 0.493. The van der Waals surface area contributed by atoms with Gasteiger partial charge in [0.1, 0.15) is 10.3 Å². The van der Waals surface area contributed by atoms with Gasteiger partial charge in [0, 0.05) is 23.3 Å². The Morgan fingerprint density at radius 2 is 1.63 bits per heavy atom. The van der Waals surface area contributed by atoms with Crippen LogP contribution >= 0.6 is 39.1 Å². The van der Waals surface area contributed by atoms with Crippen LogP contribution in [0, 0.1) is 0 Å². The van der Waals surface area contributed by atoms with E-state index in [1.54, 1.807) is 12.4 Å². The molecule has 94 valence electrons. The van der Waals surface area contributed by atoms with Crippen LogP contribution in [0.25, 0.3) is 22.2 Å². The van der Waals surface area contributed by atoms with Gasteiger partial charge in [-0.05, 0) is 21.3 Å². The van der Waals surface area contributed by atoms with Crippen molar-refractivity contribution in [2.45, 2.75) is 0 Å². The molecule has 3 nitrogen and oxygen atoms in total. The number of pyridine rings is 1. The normalized spacial score (nSPS) is 10.9. The van der Waals surface area contributed by atoms with E-state index in [1.807, 2.05) is 24.3 Å². The zero-order valence-corrected chi connectivity index (χ0v) is 12.5. The van der Waals surface area contributed by atoms with Crippen molar-refractivity contribution >= 4 is 49.9 Å². The summed E-state index contributed by atoms with van der Waals surface area (Å²) in [5.74, 6) is 0.461. The number of aromatic nitrogens is 3. The first-order chi connectivity index (χ1) is 9.16. The van der Waals surface area contributed by atoms with Crippen molar-refractivity contribution in [1.29, 1.82) is 0 Å². The molecule has 19 heavy (non-hydrogen) atoms. The molecule has 0 radical (unpaired) electrons. The highest BCUT2D eigenvalue weighted by Gasteiger charge is 2.12. The summed E-state index contributed by atoms with van der Waals surface area (Å²) in [7, 11) is 0. The van der Waals surface area contributed by atoms with E-state index in [0.717, 1.165) is 16.3 Å². The van der Waals surface area contributed by atoms with Crippen molar-refractivity contribution in [3.05, 3.63) is 51.4 Å². The van der Waals surface area contributed by atoms with Gasteiger partial charge in [-0.3, -0.25) is 4.98 Å². The minimum absolute atomic E-state index is 0.280. The molecule has 6 heteroatoms. The third kappa shape index (κ3) is 2.31. The number of nitrogens with zero attached hydrogens (tertiary/aromatic N) is 3. The smallest absolute Gasteiger partial charge is 0.164 e. The molecule has 2 heterocycles. The molecule has 0 fully saturated rings. The molecular formula is C13H6BrCl2N3. The molecule has 0 bridgehead atoms. The van der Waals surface area contributed by atoms with Gasteiger partial charge in [0.15, 0.2) is 5.82 Å². The van der Waals surface area contributed by atoms with Gasteiger partial charge >= 0.3 is 0 Å². The number of hydrogen-bond donors (Lipinski definition) is 0. The first kappa shape index (κ1) is 12.8. The van der Waals surface area contributed by atoms with Crippen LogP contribution in [0.4, 0.5) is 0 Å². The zero-order chi connectivity index (χ0) is 13.4. The van der Waals surface area contributed by atoms with E-state index in [4.69, 9.17) is 23.2 Å². The Morgan fingerprint density at radius 1 is 0.947 bits per heavy atom. The Labute approximate surface area is 127 Å². The Balaban J connectivity index is 2.31. The lowest BCUT2D eigenvalue weighted by Crippen LogP contribution is -1.93. The van der Waals surface area contributed by atoms with Gasteiger partial charge in [0.2, 0.25) is 0 Å². The third-order valence-corrected chi connectivity index (χ3v) is 4.43. The molecule has 2 aromatic heterocycles. The van der Waals surface area contributed by atoms with E-state index < -0.39 is 0 Å². The summed E-state index contributed by atoms with van der Waals surface area (Å²) >= 11 is 15.3. The van der Waals surface area contributed by atoms with Crippen LogP contribution in [0.2, 0.25) is 10.3 Å². The second-order valence-corrected chi connectivity index (χ2v) is 5.36. The predicted molar refractivity (Wildman–Crippen MR) is 80.5 cm³/mol. The van der Waals surface area contributed by atoms with Gasteiger partial charge in [0.05, 0.1) is 4.47 Å². The molecule has 0 N–H and O–H groups in total. The predicted octanol–water partition coefficient (Wildman–Crippen LogP) is 4.76. The molecule has 0 atom stereocenters. The van der Waals surface area contributed by atoms with Crippen molar-refractivity contribution in [3.8, 4) is 11.4 Å². The maximum atomic E-state index is 6.02. The number of benzene rings is 1. The molecule has 0 amide bonds. The molecule has 3 rings (SSSR count). The zero-order valence-electron chi connectivity index (χ0n) is 9.44. The maximum Gasteiger partial charge on any atom is 0.164 e. The average molecular weight is 355 g/mol. The summed E-state index contributed by atoms with van der Waals surface area (Å²) in [5.41, 5.74) is 0.800. The average Bonchev–Trinajstić information content (AvgIpc) is 2.43. The summed E-state index contributed by atoms with van der Waals surface area (Å²) in [6.07, 6.45) is 3.50. The van der Waals surface area contributed by atoms with Gasteiger partial charge in [-0.1, -0.05) is 47.5 Å². The minimum Gasteiger partial charge on any atom is -0.263 e. The molecule has 3 aromatic rings. The number of rotatable bonds is 1. The van der Waals surface area contributed by atoms with Crippen molar-refractivity contribution in [2.75, 3.05) is 0 Å². The molecule has 0 aliphatic heterocycles. The topological polar surface area (TPSA) is 38.7 Å². The van der Waals surface area contributed by atoms with Crippen LogP contribution in [-0.2, 0) is 0 Å². The van der Waals surface area contributed by atoms with Crippen molar-refractivity contribution in [3.63, 3.8) is 0 Å². The molecule has 1 aromatic carbocycles. The van der Waals surface area contributed by atoms with Gasteiger partial charge in [-0.25, -0.2) is 9.97 Å². The van der Waals surface area contributed by atoms with Gasteiger partial charge in [-0.15, -0.1) is 0 Å². The van der Waals surface area contributed by atoms with Crippen LogP contribution in [0.5, 0.6) is 0 Å². The van der Waals surface area contributed by atoms with Crippen LogP contribution in [0.3, 0.4) is 0 Å². The van der Waals surface area contributed by atoms with E-state index in [0.29, 0.717) is 10.3 Å². The molecule has 0 saturated heterocycles. The summed E-state index contributed by atoms with van der Waals surface area (Å²) in [5, 5.41) is 2.58. The standard InChI is InChI=1S/C13H6BrCl2N3/c14-10-11(15)18-13(19-12(10)16)9-6-17-5-7-3-1-2-4-8(7)9/h1-6H. The fraction of sp³-hybridized carbons (Fsp3) is 0. The Bertz CT molecular complexity index is 748. The van der Waals surface area contributed by atoms with Crippen LogP contribution < -0.4 is 0 Å². The van der Waals surface area contributed by atoms with Crippen LogP contribution in [0.15, 0.2) is 41.1 Å². The first-order valence-corrected chi connectivity index (χ1v) is 6.93. The fourth-order valence-corrected chi connectivity index (χ4v) is 2.37. The first-order valence-electron chi connectivity index (χ1n) is 5.38. The Morgan fingerprint density at radius 3 is 2.37 bits per heavy atom. The Hall–Kier alpha value is -1.23. The summed E-state index contributed by atoms with van der Waals surface area (Å²) in [6.45, 7) is 0. The number of hydrogen-bond acceptors (Lipinski definition) is 3. The minimum atomic E-state index is 0.280. The molecule has 0 aliphatic rings. The molecule has 0 aliphatic carbocycles. The van der Waals surface area contributed by atoms with Crippen LogP contribution in [-0.4, -0.2) is 15.0 Å². The third-order valence-electron chi connectivity index (χ3n) is 2.68. The Kier molecular flexibility index (Phi) is 3.39. The monoisotopic (exact) mass is 353 g/mol. The molecule has 0 saturated carbocycles. The SMILES string of the molecule is Clc1nc(-c2cncc3ccccc23)nc(Cl)c1Br. The number of fused-ring (bicyclic) bond motifs is 1. The van der Waals surface area contributed by atoms with Crippen LogP contribution in [0.1, 0.15) is 0 Å². The largest absolute Gasteiger partial charge is 0.263 e. The molecule has 0 spiro atoms. The highest BCUT2D eigenvalue weighted by Crippen LogP contribution is 2.32. The number of halogens is 3. The lowest BCUT2D eigenvalue weighted by atomic mass is 10.1. The summed E-state index contributed by atoms with van der Waals surface area (Å²) in [6, 6.07) is 7.87. The quantitative estimate of drug-likeness (QED) is 0.591. The lowest BCUT2D eigenvalue weighted by molar-refractivity contribution is 1.16. The highest BCUT2D eigenvalue weighted by atomic mass is 79.9. The van der Waals surface area contributed by atoms with E-state index in [-0.39, 0.29) is 10.3 Å². The second kappa shape index (κ2) is 5.04. The molecule has 0 unspecified atom stereocenters. The van der Waals surface area contributed by atoms with E-state index in [9.17, 15) is 0 Å². The second-order valence-electron chi connectivity index (χ2n) is 3.85. The lowest BCUT2D eigenvalue weighted by Gasteiger charge is -2.06. The fourth-order valence-electron chi connectivity index (χ4n) is 1.81. The van der Waals surface area contributed by atoms with Gasteiger partial charge in [0.25, 0.3) is 0 Å². The highest BCUT2D eigenvalue weighted by molar-refractivity contribution is 9.10. The molecular weight excluding hydrogens is 349 g/mol. The van der Waals surface area contributed by atoms with E-state index in [1.165, 1.54) is 0 Å². The maximum absolute atomic E-state index is 6.02. The van der Waals surface area contributed by atoms with Crippen molar-refractivity contribution in [2.24, 2.45) is 0 Å². The summed E-state index contributed by atoms with van der Waals surface area (Å²) in [4.78, 5) is 12.7. The van der Waals surface area contributed by atoms with Crippen molar-refractivity contribution in [1.82, 2.24) is 15.0 Å². The van der Waals surface area contributed by atoms with E-state index >= 15 is 0 Å². The van der Waals surface area contributed by atoms with Gasteiger partial charge < -0.3 is 0 Å². The van der Waals surface area contributed by atoms with Gasteiger partial charge in [-0.2, -0.15) is 0 Å².